The lowest BCUT2D eigenvalue weighted by molar-refractivity contribution is 0.475. The topological polar surface area (TPSA) is 46.5 Å². The summed E-state index contributed by atoms with van der Waals surface area (Å²) in [5.41, 5.74) is 7.85. The van der Waals surface area contributed by atoms with Crippen molar-refractivity contribution < 1.29 is 4.74 Å². The van der Waals surface area contributed by atoms with Gasteiger partial charge in [-0.3, -0.25) is 4.79 Å². The summed E-state index contributed by atoms with van der Waals surface area (Å²) in [5, 5.41) is 6.25. The molecule has 0 saturated carbocycles. The number of likely N-dealkylation sites (N-methyl/N-ethyl adjacent to an activating group) is 1. The van der Waals surface area contributed by atoms with Gasteiger partial charge < -0.3 is 19.5 Å². The Bertz CT molecular complexity index is 1620. The molecule has 5 nitrogen and oxygen atoms in total. The summed E-state index contributed by atoms with van der Waals surface area (Å²) in [6.45, 7) is 12.8. The fraction of sp³-hybridized carbons (Fsp3) is 0.345. The fourth-order valence-electron chi connectivity index (χ4n) is 6.06. The average Bonchev–Trinajstić information content (AvgIpc) is 2.80. The molecule has 6 rings (SSSR count). The van der Waals surface area contributed by atoms with Gasteiger partial charge in [-0.1, -0.05) is 6.08 Å². The standard InChI is InChI=1S/C29H31N3O2/c1-7-32-25-14-26-19(11-20(25)16(2)15-29(32,4)5)12-23-27(34-26)22-10-18-8-9-30-17(3)21(18)13-24(22)31(6)28(23)33/h10-15,30H,7-9H2,1-6H3. The number of hydrogen-bond acceptors (Lipinski definition) is 4. The van der Waals surface area contributed by atoms with Crippen molar-refractivity contribution in [2.45, 2.75) is 46.6 Å². The van der Waals surface area contributed by atoms with Gasteiger partial charge in [0.1, 0.15) is 11.5 Å². The van der Waals surface area contributed by atoms with Gasteiger partial charge in [0.25, 0.3) is 5.56 Å². The molecule has 4 heterocycles. The van der Waals surface area contributed by atoms with Crippen LogP contribution in [0.3, 0.4) is 0 Å². The van der Waals surface area contributed by atoms with E-state index in [2.05, 4.69) is 75.2 Å². The molecular weight excluding hydrogens is 422 g/mol. The highest BCUT2D eigenvalue weighted by molar-refractivity contribution is 5.90. The Balaban J connectivity index is 1.65. The molecule has 0 radical (unpaired) electrons. The highest BCUT2D eigenvalue weighted by Gasteiger charge is 2.32. The van der Waals surface area contributed by atoms with Crippen molar-refractivity contribution in [3.8, 4) is 11.5 Å². The van der Waals surface area contributed by atoms with E-state index in [1.54, 1.807) is 4.57 Å². The smallest absolute Gasteiger partial charge is 0.261 e. The van der Waals surface area contributed by atoms with E-state index in [9.17, 15) is 4.79 Å². The van der Waals surface area contributed by atoms with Crippen molar-refractivity contribution in [1.29, 1.82) is 0 Å². The Labute approximate surface area is 199 Å². The van der Waals surface area contributed by atoms with Gasteiger partial charge in [0.15, 0.2) is 0 Å². The Morgan fingerprint density at radius 1 is 1.15 bits per heavy atom. The predicted octanol–water partition coefficient (Wildman–Crippen LogP) is 3.77. The van der Waals surface area contributed by atoms with Gasteiger partial charge in [-0.15, -0.1) is 0 Å². The van der Waals surface area contributed by atoms with Gasteiger partial charge in [0, 0.05) is 54.1 Å². The molecule has 34 heavy (non-hydrogen) atoms. The zero-order valence-electron chi connectivity index (χ0n) is 20.8. The molecule has 3 aromatic rings. The van der Waals surface area contributed by atoms with Crippen LogP contribution in [-0.2, 0) is 13.5 Å². The molecule has 0 fully saturated rings. The first kappa shape index (κ1) is 21.1. The number of aromatic nitrogens is 1. The molecule has 3 aliphatic heterocycles. The van der Waals surface area contributed by atoms with E-state index in [0.29, 0.717) is 11.0 Å². The van der Waals surface area contributed by atoms with Gasteiger partial charge in [-0.05, 0) is 81.7 Å². The first-order valence-corrected chi connectivity index (χ1v) is 12.1. The molecule has 0 amide bonds. The van der Waals surface area contributed by atoms with Crippen LogP contribution in [0.4, 0.5) is 5.69 Å². The molecule has 1 aromatic heterocycles. The zero-order chi connectivity index (χ0) is 23.9. The quantitative estimate of drug-likeness (QED) is 0.477. The lowest BCUT2D eigenvalue weighted by atomic mass is 9.87. The van der Waals surface area contributed by atoms with Crippen molar-refractivity contribution in [1.82, 2.24) is 9.88 Å². The van der Waals surface area contributed by atoms with E-state index in [1.165, 1.54) is 27.6 Å². The SMILES string of the molecule is CCN1c2cc3c(cc2C(C)=CC1(C)C)C=c1c(c2cc4c(cc2n(C)c1=O)=C(C)NCC4)O3. The normalized spacial score (nSPS) is 17.5. The molecule has 0 atom stereocenters. The fourth-order valence-corrected chi connectivity index (χ4v) is 6.06. The maximum absolute atomic E-state index is 13.4. The van der Waals surface area contributed by atoms with Gasteiger partial charge >= 0.3 is 0 Å². The molecule has 0 bridgehead atoms. The summed E-state index contributed by atoms with van der Waals surface area (Å²) in [4.78, 5) is 15.8. The maximum atomic E-state index is 13.4. The minimum atomic E-state index is -0.0690. The number of fused-ring (bicyclic) bond motifs is 6. The highest BCUT2D eigenvalue weighted by atomic mass is 16.5. The second kappa shape index (κ2) is 7.02. The molecule has 0 spiro atoms. The summed E-state index contributed by atoms with van der Waals surface area (Å²) < 4.78 is 8.35. The number of pyridine rings is 1. The Morgan fingerprint density at radius 3 is 2.71 bits per heavy atom. The van der Waals surface area contributed by atoms with Gasteiger partial charge in [-0.25, -0.2) is 0 Å². The summed E-state index contributed by atoms with van der Waals surface area (Å²) in [6.07, 6.45) is 5.30. The lowest BCUT2D eigenvalue weighted by Crippen LogP contribution is -2.45. The van der Waals surface area contributed by atoms with Crippen LogP contribution in [0, 0.1) is 0 Å². The average molecular weight is 454 g/mol. The second-order valence-corrected chi connectivity index (χ2v) is 10.3. The molecule has 3 aliphatic rings. The molecule has 0 aliphatic carbocycles. The monoisotopic (exact) mass is 453 g/mol. The molecule has 5 heteroatoms. The third-order valence-electron chi connectivity index (χ3n) is 7.73. The highest BCUT2D eigenvalue weighted by Crippen LogP contribution is 2.44. The molecule has 0 unspecified atom stereocenters. The number of ether oxygens (including phenoxy) is 1. The van der Waals surface area contributed by atoms with Crippen molar-refractivity contribution in [2.24, 2.45) is 7.05 Å². The van der Waals surface area contributed by atoms with Gasteiger partial charge in [0.2, 0.25) is 0 Å². The Hall–Kier alpha value is -3.47. The number of allylic oxidation sites excluding steroid dienone is 1. The largest absolute Gasteiger partial charge is 0.455 e. The maximum Gasteiger partial charge on any atom is 0.261 e. The Morgan fingerprint density at radius 2 is 1.94 bits per heavy atom. The summed E-state index contributed by atoms with van der Waals surface area (Å²) in [6, 6.07) is 8.70. The summed E-state index contributed by atoms with van der Waals surface area (Å²) >= 11 is 0. The van der Waals surface area contributed by atoms with E-state index < -0.39 is 0 Å². The predicted molar refractivity (Wildman–Crippen MR) is 140 cm³/mol. The number of nitrogens with zero attached hydrogens (tertiary/aromatic N) is 2. The zero-order valence-corrected chi connectivity index (χ0v) is 20.8. The number of hydrogen-bond donors (Lipinski definition) is 1. The van der Waals surface area contributed by atoms with Gasteiger partial charge in [-0.2, -0.15) is 0 Å². The van der Waals surface area contributed by atoms with E-state index in [4.69, 9.17) is 4.74 Å². The van der Waals surface area contributed by atoms with Crippen LogP contribution in [0.1, 0.15) is 51.3 Å². The number of benzene rings is 2. The third kappa shape index (κ3) is 2.82. The number of anilines is 1. The van der Waals surface area contributed by atoms with Gasteiger partial charge in [0.05, 0.1) is 16.3 Å². The minimum Gasteiger partial charge on any atom is -0.455 e. The second-order valence-electron chi connectivity index (χ2n) is 10.3. The van der Waals surface area contributed by atoms with E-state index in [-0.39, 0.29) is 11.1 Å². The van der Waals surface area contributed by atoms with Crippen LogP contribution in [0.5, 0.6) is 11.5 Å². The first-order valence-electron chi connectivity index (χ1n) is 12.1. The molecule has 174 valence electrons. The first-order chi connectivity index (χ1) is 16.2. The minimum absolute atomic E-state index is 0.0316. The van der Waals surface area contributed by atoms with Crippen molar-refractivity contribution in [3.05, 3.63) is 67.8 Å². The van der Waals surface area contributed by atoms with Crippen molar-refractivity contribution >= 4 is 33.9 Å². The van der Waals surface area contributed by atoms with Crippen LogP contribution in [0.2, 0.25) is 0 Å². The molecule has 0 saturated heterocycles. The van der Waals surface area contributed by atoms with Crippen LogP contribution in [0.25, 0.3) is 28.2 Å². The van der Waals surface area contributed by atoms with Crippen LogP contribution in [0.15, 0.2) is 35.1 Å². The number of aryl methyl sites for hydroxylation is 1. The van der Waals surface area contributed by atoms with Crippen LogP contribution in [-0.4, -0.2) is 23.2 Å². The van der Waals surface area contributed by atoms with E-state index in [0.717, 1.165) is 47.4 Å². The van der Waals surface area contributed by atoms with E-state index >= 15 is 0 Å². The molecule has 2 aromatic carbocycles. The number of rotatable bonds is 1. The third-order valence-corrected chi connectivity index (χ3v) is 7.73. The molecule has 1 N–H and O–H groups in total. The van der Waals surface area contributed by atoms with Crippen LogP contribution < -0.4 is 31.0 Å². The number of nitrogens with one attached hydrogen (secondary N) is 1. The summed E-state index contributed by atoms with van der Waals surface area (Å²) in [5.74, 6) is 1.49. The van der Waals surface area contributed by atoms with E-state index in [1.807, 2.05) is 13.1 Å². The Kier molecular flexibility index (Phi) is 4.35. The lowest BCUT2D eigenvalue weighted by Gasteiger charge is -2.43. The summed E-state index contributed by atoms with van der Waals surface area (Å²) in [7, 11) is 1.85. The van der Waals surface area contributed by atoms with Crippen LogP contribution >= 0.6 is 0 Å². The van der Waals surface area contributed by atoms with Crippen molar-refractivity contribution in [3.63, 3.8) is 0 Å². The van der Waals surface area contributed by atoms with Crippen molar-refractivity contribution in [2.75, 3.05) is 18.0 Å². The molecular formula is C29H31N3O2.